The molecule has 0 saturated heterocycles. The van der Waals surface area contributed by atoms with Crippen molar-refractivity contribution in [2.24, 2.45) is 0 Å². The van der Waals surface area contributed by atoms with E-state index in [9.17, 15) is 9.18 Å². The van der Waals surface area contributed by atoms with E-state index in [4.69, 9.17) is 0 Å². The Morgan fingerprint density at radius 1 is 1.12 bits per heavy atom. The van der Waals surface area contributed by atoms with Crippen LogP contribution in [0.15, 0.2) is 53.7 Å². The second-order valence-corrected chi connectivity index (χ2v) is 6.19. The molecule has 0 bridgehead atoms. The number of anilines is 2. The quantitative estimate of drug-likeness (QED) is 0.517. The predicted octanol–water partition coefficient (Wildman–Crippen LogP) is 3.93. The first-order valence-electron chi connectivity index (χ1n) is 7.84. The number of hydrogen-bond acceptors (Lipinski definition) is 5. The summed E-state index contributed by atoms with van der Waals surface area (Å²) in [6.45, 7) is 2.75. The minimum Gasteiger partial charge on any atom is -0.370 e. The second-order valence-electron chi connectivity index (χ2n) is 5.25. The van der Waals surface area contributed by atoms with Crippen LogP contribution in [-0.2, 0) is 4.79 Å². The number of benzene rings is 2. The molecule has 0 radical (unpaired) electrons. The first-order chi connectivity index (χ1) is 12.2. The van der Waals surface area contributed by atoms with Crippen LogP contribution in [0.25, 0.3) is 10.9 Å². The van der Waals surface area contributed by atoms with Crippen molar-refractivity contribution in [3.63, 3.8) is 0 Å². The summed E-state index contributed by atoms with van der Waals surface area (Å²) in [7, 11) is 0. The van der Waals surface area contributed by atoms with Crippen LogP contribution in [0, 0.1) is 5.82 Å². The Labute approximate surface area is 149 Å². The van der Waals surface area contributed by atoms with Gasteiger partial charge >= 0.3 is 0 Å². The number of carbonyl (C=O) groups is 1. The van der Waals surface area contributed by atoms with Crippen LogP contribution >= 0.6 is 11.8 Å². The van der Waals surface area contributed by atoms with Gasteiger partial charge in [0.2, 0.25) is 5.91 Å². The van der Waals surface area contributed by atoms with Gasteiger partial charge in [-0.3, -0.25) is 4.79 Å². The lowest BCUT2D eigenvalue weighted by molar-refractivity contribution is -0.113. The van der Waals surface area contributed by atoms with Crippen LogP contribution in [0.2, 0.25) is 0 Å². The maximum Gasteiger partial charge on any atom is 0.234 e. The van der Waals surface area contributed by atoms with E-state index >= 15 is 0 Å². The summed E-state index contributed by atoms with van der Waals surface area (Å²) in [5.74, 6) is 0.391. The summed E-state index contributed by atoms with van der Waals surface area (Å²) in [5, 5.41) is 7.42. The molecule has 3 rings (SSSR count). The first-order valence-corrected chi connectivity index (χ1v) is 8.83. The van der Waals surface area contributed by atoms with Crippen molar-refractivity contribution in [3.05, 3.63) is 54.3 Å². The highest BCUT2D eigenvalue weighted by atomic mass is 32.2. The van der Waals surface area contributed by atoms with Gasteiger partial charge in [-0.1, -0.05) is 23.9 Å². The number of carbonyl (C=O) groups excluding carboxylic acids is 1. The molecule has 2 N–H and O–H groups in total. The molecule has 128 valence electrons. The fraction of sp³-hybridized carbons (Fsp3) is 0.167. The Morgan fingerprint density at radius 3 is 2.64 bits per heavy atom. The Kier molecular flexibility index (Phi) is 5.45. The van der Waals surface area contributed by atoms with Gasteiger partial charge in [0.25, 0.3) is 0 Å². The molecular formula is C18H17FN4OS. The Bertz CT molecular complexity index is 886. The minimum atomic E-state index is -0.340. The van der Waals surface area contributed by atoms with Crippen molar-refractivity contribution in [2.45, 2.75) is 12.1 Å². The summed E-state index contributed by atoms with van der Waals surface area (Å²) < 4.78 is 12.9. The van der Waals surface area contributed by atoms with Crippen molar-refractivity contribution in [3.8, 4) is 0 Å². The van der Waals surface area contributed by atoms with Gasteiger partial charge in [0, 0.05) is 17.6 Å². The maximum absolute atomic E-state index is 12.9. The SMILES string of the molecule is CCNc1nc(SCC(=O)Nc2ccc(F)cc2)nc2ccccc12. The molecule has 2 aromatic carbocycles. The first kappa shape index (κ1) is 17.2. The van der Waals surface area contributed by atoms with Gasteiger partial charge in [-0.2, -0.15) is 0 Å². The van der Waals surface area contributed by atoms with E-state index in [1.54, 1.807) is 0 Å². The zero-order valence-electron chi connectivity index (χ0n) is 13.6. The fourth-order valence-electron chi connectivity index (χ4n) is 2.28. The average Bonchev–Trinajstić information content (AvgIpc) is 2.62. The third-order valence-corrected chi connectivity index (χ3v) is 4.23. The molecule has 0 saturated carbocycles. The Morgan fingerprint density at radius 2 is 1.88 bits per heavy atom. The zero-order chi connectivity index (χ0) is 17.6. The van der Waals surface area contributed by atoms with E-state index in [1.807, 2.05) is 31.2 Å². The molecule has 0 spiro atoms. The summed E-state index contributed by atoms with van der Waals surface area (Å²) in [6, 6.07) is 13.4. The molecule has 3 aromatic rings. The maximum atomic E-state index is 12.9. The largest absolute Gasteiger partial charge is 0.370 e. The van der Waals surface area contributed by atoms with Crippen molar-refractivity contribution in [1.29, 1.82) is 0 Å². The average molecular weight is 356 g/mol. The standard InChI is InChI=1S/C18H17FN4OS/c1-2-20-17-14-5-3-4-6-15(14)22-18(23-17)25-11-16(24)21-13-9-7-12(19)8-10-13/h3-10H,2,11H2,1H3,(H,21,24)(H,20,22,23). The van der Waals surface area contributed by atoms with E-state index in [0.29, 0.717) is 10.8 Å². The molecule has 25 heavy (non-hydrogen) atoms. The molecule has 0 fully saturated rings. The third-order valence-electron chi connectivity index (χ3n) is 3.39. The van der Waals surface area contributed by atoms with E-state index in [-0.39, 0.29) is 17.5 Å². The van der Waals surface area contributed by atoms with Crippen LogP contribution in [0.5, 0.6) is 0 Å². The van der Waals surface area contributed by atoms with Gasteiger partial charge < -0.3 is 10.6 Å². The minimum absolute atomic E-state index is 0.168. The Hall–Kier alpha value is -2.67. The third kappa shape index (κ3) is 4.45. The number of nitrogens with zero attached hydrogens (tertiary/aromatic N) is 2. The summed E-state index contributed by atoms with van der Waals surface area (Å²) in [5.41, 5.74) is 1.38. The van der Waals surface area contributed by atoms with E-state index in [2.05, 4.69) is 20.6 Å². The molecule has 0 aliphatic rings. The van der Waals surface area contributed by atoms with Gasteiger partial charge in [0.1, 0.15) is 11.6 Å². The zero-order valence-corrected chi connectivity index (χ0v) is 14.4. The number of amides is 1. The van der Waals surface area contributed by atoms with Crippen LogP contribution in [0.1, 0.15) is 6.92 Å². The van der Waals surface area contributed by atoms with E-state index in [1.165, 1.54) is 36.0 Å². The van der Waals surface area contributed by atoms with Crippen molar-refractivity contribution in [2.75, 3.05) is 22.9 Å². The molecule has 1 aromatic heterocycles. The number of nitrogens with one attached hydrogen (secondary N) is 2. The predicted molar refractivity (Wildman–Crippen MR) is 99.5 cm³/mol. The molecule has 1 amide bonds. The van der Waals surface area contributed by atoms with Gasteiger partial charge in [0.05, 0.1) is 11.3 Å². The smallest absolute Gasteiger partial charge is 0.234 e. The number of rotatable bonds is 6. The van der Waals surface area contributed by atoms with Crippen LogP contribution in [-0.4, -0.2) is 28.2 Å². The van der Waals surface area contributed by atoms with Crippen molar-refractivity contribution < 1.29 is 9.18 Å². The normalized spacial score (nSPS) is 10.6. The van der Waals surface area contributed by atoms with Gasteiger partial charge in [0.15, 0.2) is 5.16 Å². The number of para-hydroxylation sites is 1. The van der Waals surface area contributed by atoms with Gasteiger partial charge in [-0.25, -0.2) is 14.4 Å². The molecule has 0 unspecified atom stereocenters. The molecule has 1 heterocycles. The molecule has 7 heteroatoms. The number of halogens is 1. The van der Waals surface area contributed by atoms with Crippen LogP contribution < -0.4 is 10.6 Å². The molecule has 0 atom stereocenters. The Balaban J connectivity index is 1.70. The molecule has 5 nitrogen and oxygen atoms in total. The lowest BCUT2D eigenvalue weighted by Gasteiger charge is -2.09. The summed E-state index contributed by atoms with van der Waals surface area (Å²) >= 11 is 1.26. The molecular weight excluding hydrogens is 339 g/mol. The number of hydrogen-bond donors (Lipinski definition) is 2. The van der Waals surface area contributed by atoms with Gasteiger partial charge in [-0.15, -0.1) is 0 Å². The van der Waals surface area contributed by atoms with E-state index in [0.717, 1.165) is 23.3 Å². The van der Waals surface area contributed by atoms with Crippen LogP contribution in [0.3, 0.4) is 0 Å². The number of fused-ring (bicyclic) bond motifs is 1. The van der Waals surface area contributed by atoms with E-state index < -0.39 is 0 Å². The van der Waals surface area contributed by atoms with Crippen molar-refractivity contribution >= 4 is 40.1 Å². The number of thioether (sulfide) groups is 1. The fourth-order valence-corrected chi connectivity index (χ4v) is 2.93. The lowest BCUT2D eigenvalue weighted by atomic mass is 10.2. The van der Waals surface area contributed by atoms with Crippen molar-refractivity contribution in [1.82, 2.24) is 9.97 Å². The van der Waals surface area contributed by atoms with Gasteiger partial charge in [-0.05, 0) is 43.3 Å². The number of aromatic nitrogens is 2. The topological polar surface area (TPSA) is 66.9 Å². The lowest BCUT2D eigenvalue weighted by Crippen LogP contribution is -2.14. The summed E-state index contributed by atoms with van der Waals surface area (Å²) in [6.07, 6.45) is 0. The molecule has 0 aliphatic carbocycles. The highest BCUT2D eigenvalue weighted by Crippen LogP contribution is 2.24. The van der Waals surface area contributed by atoms with Crippen LogP contribution in [0.4, 0.5) is 15.9 Å². The molecule has 0 aliphatic heterocycles. The monoisotopic (exact) mass is 356 g/mol. The highest BCUT2D eigenvalue weighted by molar-refractivity contribution is 7.99. The summed E-state index contributed by atoms with van der Waals surface area (Å²) in [4.78, 5) is 21.0. The second kappa shape index (κ2) is 7.94. The highest BCUT2D eigenvalue weighted by Gasteiger charge is 2.10.